The first-order valence-electron chi connectivity index (χ1n) is 6.96. The van der Waals surface area contributed by atoms with Crippen LogP contribution in [0.1, 0.15) is 52.9 Å². The predicted molar refractivity (Wildman–Crippen MR) is 69.5 cm³/mol. The van der Waals surface area contributed by atoms with E-state index in [0.717, 1.165) is 24.8 Å². The molecule has 2 heteroatoms. The second-order valence-electron chi connectivity index (χ2n) is 5.97. The van der Waals surface area contributed by atoms with Gasteiger partial charge in [0.2, 0.25) is 0 Å². The highest BCUT2D eigenvalue weighted by molar-refractivity contribution is 4.72. The van der Waals surface area contributed by atoms with Crippen molar-refractivity contribution in [3.63, 3.8) is 0 Å². The Bertz CT molecular complexity index is 174. The standard InChI is InChI=1S/C14H29NO/c1-11-4-6-14(7-5-11)10-15-9-12(2)8-13(3)16/h11-16H,4-10H2,1-3H3/t11?,12-,13+,14?/m0/s1. The first-order valence-corrected chi connectivity index (χ1v) is 6.96. The van der Waals surface area contributed by atoms with Crippen LogP contribution in [0.2, 0.25) is 0 Å². The third-order valence-electron chi connectivity index (χ3n) is 3.80. The highest BCUT2D eigenvalue weighted by Gasteiger charge is 2.17. The number of rotatable bonds is 6. The van der Waals surface area contributed by atoms with E-state index in [1.165, 1.54) is 32.2 Å². The Morgan fingerprint density at radius 1 is 1.19 bits per heavy atom. The summed E-state index contributed by atoms with van der Waals surface area (Å²) in [7, 11) is 0. The average Bonchev–Trinajstić information content (AvgIpc) is 2.20. The molecule has 16 heavy (non-hydrogen) atoms. The summed E-state index contributed by atoms with van der Waals surface area (Å²) in [6.07, 6.45) is 6.38. The van der Waals surface area contributed by atoms with E-state index in [0.29, 0.717) is 5.92 Å². The van der Waals surface area contributed by atoms with E-state index in [4.69, 9.17) is 0 Å². The van der Waals surface area contributed by atoms with Gasteiger partial charge in [-0.2, -0.15) is 0 Å². The Hall–Kier alpha value is -0.0800. The molecular weight excluding hydrogens is 198 g/mol. The van der Waals surface area contributed by atoms with Crippen LogP contribution in [0.3, 0.4) is 0 Å². The molecule has 0 spiro atoms. The molecule has 1 fully saturated rings. The molecule has 1 aliphatic carbocycles. The van der Waals surface area contributed by atoms with Gasteiger partial charge >= 0.3 is 0 Å². The van der Waals surface area contributed by atoms with E-state index in [9.17, 15) is 5.11 Å². The molecule has 0 saturated heterocycles. The van der Waals surface area contributed by atoms with Crippen LogP contribution in [0.25, 0.3) is 0 Å². The van der Waals surface area contributed by atoms with Gasteiger partial charge in [0.05, 0.1) is 6.10 Å². The van der Waals surface area contributed by atoms with Crippen LogP contribution >= 0.6 is 0 Å². The van der Waals surface area contributed by atoms with Crippen molar-refractivity contribution in [3.05, 3.63) is 0 Å². The molecule has 0 aromatic rings. The molecule has 0 heterocycles. The summed E-state index contributed by atoms with van der Waals surface area (Å²) in [4.78, 5) is 0. The number of aliphatic hydroxyl groups is 1. The van der Waals surface area contributed by atoms with Crippen LogP contribution in [0.5, 0.6) is 0 Å². The smallest absolute Gasteiger partial charge is 0.0515 e. The Labute approximate surface area is 101 Å². The molecule has 0 amide bonds. The van der Waals surface area contributed by atoms with Crippen molar-refractivity contribution < 1.29 is 5.11 Å². The number of nitrogens with one attached hydrogen (secondary N) is 1. The summed E-state index contributed by atoms with van der Waals surface area (Å²) in [5.74, 6) is 2.43. The van der Waals surface area contributed by atoms with Crippen molar-refractivity contribution in [1.29, 1.82) is 0 Å². The zero-order chi connectivity index (χ0) is 12.0. The summed E-state index contributed by atoms with van der Waals surface area (Å²) in [5.41, 5.74) is 0. The van der Waals surface area contributed by atoms with E-state index in [2.05, 4.69) is 19.2 Å². The van der Waals surface area contributed by atoms with E-state index >= 15 is 0 Å². The van der Waals surface area contributed by atoms with Crippen LogP contribution in [0.15, 0.2) is 0 Å². The quantitative estimate of drug-likeness (QED) is 0.731. The van der Waals surface area contributed by atoms with Gasteiger partial charge in [0.25, 0.3) is 0 Å². The fourth-order valence-electron chi connectivity index (χ4n) is 2.73. The molecule has 2 atom stereocenters. The van der Waals surface area contributed by atoms with Gasteiger partial charge in [-0.1, -0.05) is 26.7 Å². The first kappa shape index (κ1) is 14.0. The van der Waals surface area contributed by atoms with Gasteiger partial charge in [-0.3, -0.25) is 0 Å². The fourth-order valence-corrected chi connectivity index (χ4v) is 2.73. The molecular formula is C14H29NO. The molecule has 0 aliphatic heterocycles. The molecule has 0 bridgehead atoms. The third-order valence-corrected chi connectivity index (χ3v) is 3.80. The van der Waals surface area contributed by atoms with Crippen LogP contribution in [0, 0.1) is 17.8 Å². The number of aliphatic hydroxyl groups excluding tert-OH is 1. The topological polar surface area (TPSA) is 32.3 Å². The number of hydrogen-bond donors (Lipinski definition) is 2. The maximum absolute atomic E-state index is 9.27. The van der Waals surface area contributed by atoms with Crippen molar-refractivity contribution >= 4 is 0 Å². The molecule has 2 nitrogen and oxygen atoms in total. The predicted octanol–water partition coefficient (Wildman–Crippen LogP) is 2.81. The Kier molecular flexibility index (Phi) is 6.37. The van der Waals surface area contributed by atoms with Crippen LogP contribution in [0.4, 0.5) is 0 Å². The lowest BCUT2D eigenvalue weighted by atomic mass is 9.83. The van der Waals surface area contributed by atoms with Gasteiger partial charge in [-0.05, 0) is 57.0 Å². The number of hydrogen-bond acceptors (Lipinski definition) is 2. The largest absolute Gasteiger partial charge is 0.393 e. The zero-order valence-corrected chi connectivity index (χ0v) is 11.2. The minimum atomic E-state index is -0.160. The second kappa shape index (κ2) is 7.29. The summed E-state index contributed by atoms with van der Waals surface area (Å²) in [6, 6.07) is 0. The van der Waals surface area contributed by atoms with E-state index in [1.54, 1.807) is 0 Å². The van der Waals surface area contributed by atoms with Crippen molar-refractivity contribution in [3.8, 4) is 0 Å². The van der Waals surface area contributed by atoms with Crippen molar-refractivity contribution in [2.24, 2.45) is 17.8 Å². The van der Waals surface area contributed by atoms with Gasteiger partial charge in [0.1, 0.15) is 0 Å². The monoisotopic (exact) mass is 227 g/mol. The molecule has 0 radical (unpaired) electrons. The SMILES string of the molecule is CC1CCC(CNC[C@@H](C)C[C@@H](C)O)CC1. The van der Waals surface area contributed by atoms with E-state index in [-0.39, 0.29) is 6.10 Å². The maximum atomic E-state index is 9.27. The van der Waals surface area contributed by atoms with Gasteiger partial charge in [0, 0.05) is 0 Å². The molecule has 1 rings (SSSR count). The molecule has 1 aliphatic rings. The van der Waals surface area contributed by atoms with Gasteiger partial charge in [0.15, 0.2) is 0 Å². The minimum absolute atomic E-state index is 0.160. The Morgan fingerprint density at radius 2 is 1.81 bits per heavy atom. The lowest BCUT2D eigenvalue weighted by Gasteiger charge is -2.26. The lowest BCUT2D eigenvalue weighted by Crippen LogP contribution is -2.30. The zero-order valence-electron chi connectivity index (χ0n) is 11.2. The fraction of sp³-hybridized carbons (Fsp3) is 1.00. The summed E-state index contributed by atoms with van der Waals surface area (Å²) < 4.78 is 0. The van der Waals surface area contributed by atoms with E-state index in [1.807, 2.05) is 6.92 Å². The highest BCUT2D eigenvalue weighted by Crippen LogP contribution is 2.27. The van der Waals surface area contributed by atoms with Crippen molar-refractivity contribution in [1.82, 2.24) is 5.32 Å². The van der Waals surface area contributed by atoms with Gasteiger partial charge < -0.3 is 10.4 Å². The summed E-state index contributed by atoms with van der Waals surface area (Å²) >= 11 is 0. The lowest BCUT2D eigenvalue weighted by molar-refractivity contribution is 0.162. The summed E-state index contributed by atoms with van der Waals surface area (Å²) in [5, 5.41) is 12.8. The Morgan fingerprint density at radius 3 is 2.38 bits per heavy atom. The van der Waals surface area contributed by atoms with Gasteiger partial charge in [-0.25, -0.2) is 0 Å². The average molecular weight is 227 g/mol. The molecule has 0 aromatic heterocycles. The van der Waals surface area contributed by atoms with E-state index < -0.39 is 0 Å². The summed E-state index contributed by atoms with van der Waals surface area (Å²) in [6.45, 7) is 8.68. The maximum Gasteiger partial charge on any atom is 0.0515 e. The molecule has 96 valence electrons. The van der Waals surface area contributed by atoms with Gasteiger partial charge in [-0.15, -0.1) is 0 Å². The molecule has 1 saturated carbocycles. The highest BCUT2D eigenvalue weighted by atomic mass is 16.3. The molecule has 0 aromatic carbocycles. The molecule has 0 unspecified atom stereocenters. The van der Waals surface area contributed by atoms with Crippen molar-refractivity contribution in [2.75, 3.05) is 13.1 Å². The first-order chi connectivity index (χ1) is 7.58. The normalized spacial score (nSPS) is 30.0. The minimum Gasteiger partial charge on any atom is -0.393 e. The van der Waals surface area contributed by atoms with Crippen LogP contribution in [-0.4, -0.2) is 24.3 Å². The van der Waals surface area contributed by atoms with Crippen molar-refractivity contribution in [2.45, 2.75) is 59.0 Å². The second-order valence-corrected chi connectivity index (χ2v) is 5.97. The van der Waals surface area contributed by atoms with Crippen LogP contribution in [-0.2, 0) is 0 Å². The Balaban J connectivity index is 2.02. The third kappa shape index (κ3) is 5.86. The molecule has 2 N–H and O–H groups in total. The van der Waals surface area contributed by atoms with Crippen LogP contribution < -0.4 is 5.32 Å².